The van der Waals surface area contributed by atoms with E-state index in [0.29, 0.717) is 0 Å². The zero-order valence-corrected chi connectivity index (χ0v) is 11.6. The SMILES string of the molecule is Nc1c(F)c(-c2cccnc2C(=O)O)c(F)c2[nH]cc(Cl)c12. The molecule has 0 amide bonds. The molecule has 3 rings (SSSR count). The summed E-state index contributed by atoms with van der Waals surface area (Å²) in [4.78, 5) is 17.4. The van der Waals surface area contributed by atoms with Crippen LogP contribution in [0.5, 0.6) is 0 Å². The van der Waals surface area contributed by atoms with E-state index in [1.54, 1.807) is 0 Å². The van der Waals surface area contributed by atoms with Crippen LogP contribution in [0.1, 0.15) is 10.5 Å². The molecule has 2 aromatic heterocycles. The second-order valence-electron chi connectivity index (χ2n) is 4.51. The minimum Gasteiger partial charge on any atom is -0.476 e. The predicted octanol–water partition coefficient (Wildman–Crippen LogP) is 3.44. The Morgan fingerprint density at radius 2 is 2.09 bits per heavy atom. The van der Waals surface area contributed by atoms with Crippen LogP contribution in [0.15, 0.2) is 24.5 Å². The van der Waals surface area contributed by atoms with Gasteiger partial charge in [-0.3, -0.25) is 0 Å². The van der Waals surface area contributed by atoms with Gasteiger partial charge in [-0.2, -0.15) is 0 Å². The fraction of sp³-hybridized carbons (Fsp3) is 0. The van der Waals surface area contributed by atoms with Crippen LogP contribution in [0.25, 0.3) is 22.0 Å². The number of carboxylic acids is 1. The molecular formula is C14H8ClF2N3O2. The van der Waals surface area contributed by atoms with E-state index >= 15 is 0 Å². The summed E-state index contributed by atoms with van der Waals surface area (Å²) in [7, 11) is 0. The zero-order valence-electron chi connectivity index (χ0n) is 10.8. The Bertz CT molecular complexity index is 924. The number of hydrogen-bond donors (Lipinski definition) is 3. The van der Waals surface area contributed by atoms with Gasteiger partial charge >= 0.3 is 5.97 Å². The Balaban J connectivity index is 2.45. The molecule has 0 bridgehead atoms. The number of pyridine rings is 1. The first-order valence-electron chi connectivity index (χ1n) is 6.05. The summed E-state index contributed by atoms with van der Waals surface area (Å²) in [5, 5.41) is 9.21. The van der Waals surface area contributed by atoms with E-state index in [1.807, 2.05) is 0 Å². The maximum atomic E-state index is 14.6. The van der Waals surface area contributed by atoms with Gasteiger partial charge in [0.25, 0.3) is 0 Å². The molecule has 0 aliphatic rings. The molecule has 22 heavy (non-hydrogen) atoms. The fourth-order valence-corrected chi connectivity index (χ4v) is 2.57. The van der Waals surface area contributed by atoms with E-state index in [4.69, 9.17) is 22.4 Å². The number of nitrogens with one attached hydrogen (secondary N) is 1. The molecule has 0 aliphatic carbocycles. The number of fused-ring (bicyclic) bond motifs is 1. The number of anilines is 1. The third-order valence-electron chi connectivity index (χ3n) is 3.28. The van der Waals surface area contributed by atoms with E-state index < -0.39 is 28.9 Å². The molecule has 8 heteroatoms. The van der Waals surface area contributed by atoms with Gasteiger partial charge in [0.2, 0.25) is 0 Å². The van der Waals surface area contributed by atoms with Crippen molar-refractivity contribution in [2.24, 2.45) is 0 Å². The summed E-state index contributed by atoms with van der Waals surface area (Å²) < 4.78 is 29.2. The molecule has 4 N–H and O–H groups in total. The second kappa shape index (κ2) is 4.96. The number of aromatic nitrogens is 2. The summed E-state index contributed by atoms with van der Waals surface area (Å²) in [6.45, 7) is 0. The van der Waals surface area contributed by atoms with Crippen LogP contribution in [0.2, 0.25) is 5.02 Å². The van der Waals surface area contributed by atoms with Crippen molar-refractivity contribution in [1.29, 1.82) is 0 Å². The maximum absolute atomic E-state index is 14.6. The van der Waals surface area contributed by atoms with Gasteiger partial charge in [-0.25, -0.2) is 18.6 Å². The number of halogens is 3. The molecular weight excluding hydrogens is 316 g/mol. The Morgan fingerprint density at radius 3 is 2.77 bits per heavy atom. The first-order valence-corrected chi connectivity index (χ1v) is 6.43. The molecule has 3 aromatic rings. The highest BCUT2D eigenvalue weighted by Crippen LogP contribution is 2.39. The van der Waals surface area contributed by atoms with Gasteiger partial charge in [0.1, 0.15) is 0 Å². The van der Waals surface area contributed by atoms with Crippen LogP contribution in [0, 0.1) is 11.6 Å². The van der Waals surface area contributed by atoms with Crippen molar-refractivity contribution in [3.05, 3.63) is 46.9 Å². The van der Waals surface area contributed by atoms with Gasteiger partial charge in [0.15, 0.2) is 17.3 Å². The van der Waals surface area contributed by atoms with Crippen LogP contribution in [-0.4, -0.2) is 21.0 Å². The van der Waals surface area contributed by atoms with Gasteiger partial charge in [-0.1, -0.05) is 17.7 Å². The van der Waals surface area contributed by atoms with E-state index in [-0.39, 0.29) is 27.2 Å². The molecule has 0 fully saturated rings. The molecule has 2 heterocycles. The summed E-state index contributed by atoms with van der Waals surface area (Å²) >= 11 is 5.85. The first kappa shape index (κ1) is 14.3. The third kappa shape index (κ3) is 1.90. The van der Waals surface area contributed by atoms with Crippen molar-refractivity contribution in [1.82, 2.24) is 9.97 Å². The number of rotatable bonds is 2. The van der Waals surface area contributed by atoms with E-state index in [1.165, 1.54) is 24.5 Å². The number of nitrogens with zero attached hydrogens (tertiary/aromatic N) is 1. The number of carboxylic acid groups (broad SMARTS) is 1. The lowest BCUT2D eigenvalue weighted by Crippen LogP contribution is -2.06. The number of carbonyl (C=O) groups is 1. The molecule has 0 atom stereocenters. The molecule has 112 valence electrons. The highest BCUT2D eigenvalue weighted by molar-refractivity contribution is 6.36. The lowest BCUT2D eigenvalue weighted by atomic mass is 9.99. The van der Waals surface area contributed by atoms with Crippen LogP contribution < -0.4 is 5.73 Å². The molecule has 5 nitrogen and oxygen atoms in total. The van der Waals surface area contributed by atoms with Gasteiger partial charge in [0, 0.05) is 23.3 Å². The zero-order chi connectivity index (χ0) is 16.0. The van der Waals surface area contributed by atoms with Crippen LogP contribution in [0.3, 0.4) is 0 Å². The largest absolute Gasteiger partial charge is 0.476 e. The summed E-state index contributed by atoms with van der Waals surface area (Å²) in [6.07, 6.45) is 2.49. The van der Waals surface area contributed by atoms with Crippen molar-refractivity contribution in [3.63, 3.8) is 0 Å². The highest BCUT2D eigenvalue weighted by Gasteiger charge is 2.25. The first-order chi connectivity index (χ1) is 10.4. The Morgan fingerprint density at radius 1 is 1.36 bits per heavy atom. The fourth-order valence-electron chi connectivity index (χ4n) is 2.32. The molecule has 1 aromatic carbocycles. The normalized spacial score (nSPS) is 11.0. The van der Waals surface area contributed by atoms with Crippen molar-refractivity contribution >= 4 is 34.2 Å². The summed E-state index contributed by atoms with van der Waals surface area (Å²) in [5.74, 6) is -3.47. The average molecular weight is 324 g/mol. The highest BCUT2D eigenvalue weighted by atomic mass is 35.5. The predicted molar refractivity (Wildman–Crippen MR) is 77.8 cm³/mol. The molecule has 0 radical (unpaired) electrons. The minimum absolute atomic E-state index is 0.0150. The van der Waals surface area contributed by atoms with Gasteiger partial charge in [-0.15, -0.1) is 0 Å². The molecule has 0 aliphatic heterocycles. The molecule has 0 saturated heterocycles. The monoisotopic (exact) mass is 323 g/mol. The Labute approximate surface area is 127 Å². The average Bonchev–Trinajstić information content (AvgIpc) is 2.88. The standard InChI is InChI=1S/C14H8ClF2N3O2/c15-6-4-20-13-8(6)11(18)9(16)7(10(13)17)5-2-1-3-19-12(5)14(21)22/h1-4,20H,18H2,(H,21,22). The van der Waals surface area contributed by atoms with E-state index in [9.17, 15) is 13.6 Å². The third-order valence-corrected chi connectivity index (χ3v) is 3.57. The molecule has 0 saturated carbocycles. The van der Waals surface area contributed by atoms with Crippen LogP contribution >= 0.6 is 11.6 Å². The minimum atomic E-state index is -1.41. The van der Waals surface area contributed by atoms with Gasteiger partial charge in [-0.05, 0) is 6.07 Å². The summed E-state index contributed by atoms with van der Waals surface area (Å²) in [5.41, 5.74) is 3.98. The van der Waals surface area contributed by atoms with Gasteiger partial charge in [0.05, 0.1) is 21.8 Å². The maximum Gasteiger partial charge on any atom is 0.355 e. The lowest BCUT2D eigenvalue weighted by Gasteiger charge is -2.11. The topological polar surface area (TPSA) is 92.0 Å². The number of aromatic amines is 1. The Hall–Kier alpha value is -2.67. The van der Waals surface area contributed by atoms with Crippen molar-refractivity contribution in [2.75, 3.05) is 5.73 Å². The smallest absolute Gasteiger partial charge is 0.355 e. The number of nitrogens with two attached hydrogens (primary N) is 1. The second-order valence-corrected chi connectivity index (χ2v) is 4.92. The Kier molecular flexibility index (Phi) is 3.22. The van der Waals surface area contributed by atoms with Crippen molar-refractivity contribution in [2.45, 2.75) is 0 Å². The molecule has 0 spiro atoms. The number of aromatic carboxylic acids is 1. The lowest BCUT2D eigenvalue weighted by molar-refractivity contribution is 0.0691. The van der Waals surface area contributed by atoms with E-state index in [2.05, 4.69) is 9.97 Å². The van der Waals surface area contributed by atoms with Gasteiger partial charge < -0.3 is 15.8 Å². The van der Waals surface area contributed by atoms with Crippen molar-refractivity contribution < 1.29 is 18.7 Å². The number of hydrogen-bond acceptors (Lipinski definition) is 3. The van der Waals surface area contributed by atoms with Crippen LogP contribution in [0.4, 0.5) is 14.5 Å². The summed E-state index contributed by atoms with van der Waals surface area (Å²) in [6, 6.07) is 2.64. The number of benzene rings is 1. The molecule has 0 unspecified atom stereocenters. The van der Waals surface area contributed by atoms with E-state index in [0.717, 1.165) is 0 Å². The van der Waals surface area contributed by atoms with Crippen molar-refractivity contribution in [3.8, 4) is 11.1 Å². The quantitative estimate of drug-likeness (QED) is 0.630. The van der Waals surface area contributed by atoms with Crippen LogP contribution in [-0.2, 0) is 0 Å². The number of nitrogen functional groups attached to an aromatic ring is 1. The number of H-pyrrole nitrogens is 1.